The third-order valence-electron chi connectivity index (χ3n) is 5.42. The maximum Gasteiger partial charge on any atom is 0.331 e. The molecule has 0 bridgehead atoms. The number of aryl methyl sites for hydroxylation is 2. The van der Waals surface area contributed by atoms with E-state index in [-0.39, 0.29) is 41.9 Å². The minimum Gasteiger partial charge on any atom is -0.396 e. The highest BCUT2D eigenvalue weighted by Crippen LogP contribution is 2.36. The van der Waals surface area contributed by atoms with Crippen molar-refractivity contribution in [3.8, 4) is 0 Å². The molecule has 1 aromatic carbocycles. The van der Waals surface area contributed by atoms with Crippen LogP contribution in [0.5, 0.6) is 0 Å². The van der Waals surface area contributed by atoms with Crippen LogP contribution < -0.4 is 16.0 Å². The highest BCUT2D eigenvalue weighted by Gasteiger charge is 2.42. The first-order valence-corrected chi connectivity index (χ1v) is 11.5. The van der Waals surface area contributed by atoms with Crippen molar-refractivity contribution in [2.24, 2.45) is 0 Å². The summed E-state index contributed by atoms with van der Waals surface area (Å²) in [7, 11) is -4.00. The number of rotatable bonds is 8. The molecule has 11 heteroatoms. The molecule has 31 heavy (non-hydrogen) atoms. The van der Waals surface area contributed by atoms with E-state index in [1.807, 2.05) is 0 Å². The van der Waals surface area contributed by atoms with E-state index < -0.39 is 26.8 Å². The summed E-state index contributed by atoms with van der Waals surface area (Å²) >= 11 is 0. The Hall–Kier alpha value is -2.76. The average molecular weight is 449 g/mol. The topological polar surface area (TPSA) is 136 Å². The van der Waals surface area contributed by atoms with Crippen LogP contribution in [-0.2, 0) is 23.1 Å². The summed E-state index contributed by atoms with van der Waals surface area (Å²) in [6.07, 6.45) is 1.70. The second kappa shape index (κ2) is 7.74. The molecule has 2 aromatic heterocycles. The first-order valence-electron chi connectivity index (χ1n) is 9.99. The largest absolute Gasteiger partial charge is 0.396 e. The molecule has 0 atom stereocenters. The van der Waals surface area contributed by atoms with Gasteiger partial charge in [0.05, 0.1) is 28.0 Å². The van der Waals surface area contributed by atoms with Crippen LogP contribution in [0.3, 0.4) is 0 Å². The van der Waals surface area contributed by atoms with Gasteiger partial charge in [0.2, 0.25) is 10.0 Å². The molecule has 10 nitrogen and oxygen atoms in total. The number of hydrogen-bond acceptors (Lipinski definition) is 7. The van der Waals surface area contributed by atoms with E-state index in [1.54, 1.807) is 19.9 Å². The van der Waals surface area contributed by atoms with Crippen molar-refractivity contribution in [3.05, 3.63) is 56.6 Å². The lowest BCUT2D eigenvalue weighted by Gasteiger charge is -2.17. The maximum absolute atomic E-state index is 13.4. The van der Waals surface area contributed by atoms with Crippen molar-refractivity contribution in [1.29, 1.82) is 0 Å². The Labute approximate surface area is 178 Å². The van der Waals surface area contributed by atoms with E-state index in [4.69, 9.17) is 4.52 Å². The smallest absolute Gasteiger partial charge is 0.331 e. The number of fused-ring (bicyclic) bond motifs is 1. The van der Waals surface area contributed by atoms with Gasteiger partial charge in [-0.3, -0.25) is 13.9 Å². The summed E-state index contributed by atoms with van der Waals surface area (Å²) in [5, 5.41) is 13.0. The number of aliphatic hydroxyl groups excluding tert-OH is 1. The predicted octanol–water partition coefficient (Wildman–Crippen LogP) is 0.721. The van der Waals surface area contributed by atoms with Crippen LogP contribution in [0.4, 0.5) is 0 Å². The van der Waals surface area contributed by atoms with E-state index in [0.29, 0.717) is 24.3 Å². The zero-order chi connectivity index (χ0) is 22.4. The van der Waals surface area contributed by atoms with Crippen LogP contribution >= 0.6 is 0 Å². The van der Waals surface area contributed by atoms with Crippen molar-refractivity contribution in [1.82, 2.24) is 19.0 Å². The molecular formula is C20H24N4O6S. The van der Waals surface area contributed by atoms with Gasteiger partial charge in [-0.25, -0.2) is 17.9 Å². The monoisotopic (exact) mass is 448 g/mol. The molecule has 0 aliphatic heterocycles. The molecule has 1 fully saturated rings. The van der Waals surface area contributed by atoms with Crippen molar-refractivity contribution >= 4 is 20.9 Å². The predicted molar refractivity (Wildman–Crippen MR) is 112 cm³/mol. The number of sulfonamides is 1. The Morgan fingerprint density at radius 2 is 2.00 bits per heavy atom. The van der Waals surface area contributed by atoms with Crippen molar-refractivity contribution < 1.29 is 18.0 Å². The molecule has 1 aliphatic carbocycles. The second-order valence-electron chi connectivity index (χ2n) is 8.15. The Kier molecular flexibility index (Phi) is 5.36. The van der Waals surface area contributed by atoms with Crippen molar-refractivity contribution in [2.45, 2.75) is 56.6 Å². The van der Waals surface area contributed by atoms with Gasteiger partial charge < -0.3 is 9.63 Å². The molecule has 3 aromatic rings. The van der Waals surface area contributed by atoms with Crippen molar-refractivity contribution in [3.63, 3.8) is 0 Å². The van der Waals surface area contributed by atoms with Gasteiger partial charge in [-0.05, 0) is 45.2 Å². The lowest BCUT2D eigenvalue weighted by molar-refractivity contribution is 0.279. The fourth-order valence-electron chi connectivity index (χ4n) is 3.55. The number of aromatic nitrogens is 3. The van der Waals surface area contributed by atoms with Crippen LogP contribution in [0.1, 0.15) is 37.6 Å². The molecule has 0 radical (unpaired) electrons. The number of hydrogen-bond donors (Lipinski definition) is 2. The Morgan fingerprint density at radius 1 is 1.26 bits per heavy atom. The first-order chi connectivity index (χ1) is 14.6. The minimum atomic E-state index is -4.00. The molecular weight excluding hydrogens is 424 g/mol. The fraction of sp³-hybridized carbons (Fsp3) is 0.450. The number of aliphatic hydroxyl groups is 1. The fourth-order valence-corrected chi connectivity index (χ4v) is 5.24. The summed E-state index contributed by atoms with van der Waals surface area (Å²) in [6.45, 7) is 3.29. The summed E-state index contributed by atoms with van der Waals surface area (Å²) in [5.74, 6) is 0.300. The second-order valence-corrected chi connectivity index (χ2v) is 9.80. The summed E-state index contributed by atoms with van der Waals surface area (Å²) in [6, 6.07) is 6.01. The summed E-state index contributed by atoms with van der Waals surface area (Å²) in [4.78, 5) is 26.3. The van der Waals surface area contributed by atoms with Crippen LogP contribution in [0.25, 0.3) is 10.9 Å². The van der Waals surface area contributed by atoms with Gasteiger partial charge in [0.25, 0.3) is 5.56 Å². The summed E-state index contributed by atoms with van der Waals surface area (Å²) < 4.78 is 36.3. The highest BCUT2D eigenvalue weighted by molar-refractivity contribution is 7.89. The van der Waals surface area contributed by atoms with E-state index in [9.17, 15) is 23.1 Å². The number of nitrogens with zero attached hydrogens (tertiary/aromatic N) is 3. The van der Waals surface area contributed by atoms with Gasteiger partial charge in [0, 0.05) is 24.8 Å². The minimum absolute atomic E-state index is 0.0759. The molecule has 0 unspecified atom stereocenters. The third-order valence-corrected chi connectivity index (χ3v) is 7.10. The van der Waals surface area contributed by atoms with Gasteiger partial charge in [-0.15, -0.1) is 0 Å². The normalized spacial score (nSPS) is 15.5. The number of nitrogens with one attached hydrogen (secondary N) is 1. The zero-order valence-electron chi connectivity index (χ0n) is 17.3. The molecule has 4 rings (SSSR count). The molecule has 0 spiro atoms. The third kappa shape index (κ3) is 4.08. The van der Waals surface area contributed by atoms with Crippen LogP contribution in [0.15, 0.2) is 43.3 Å². The maximum atomic E-state index is 13.4. The lowest BCUT2D eigenvalue weighted by atomic mass is 10.2. The Bertz CT molecular complexity index is 1360. The van der Waals surface area contributed by atoms with Crippen LogP contribution in [0, 0.1) is 6.92 Å². The molecule has 0 saturated heterocycles. The van der Waals surface area contributed by atoms with Gasteiger partial charge >= 0.3 is 5.69 Å². The van der Waals surface area contributed by atoms with Crippen molar-refractivity contribution in [2.75, 3.05) is 6.61 Å². The SMILES string of the molecule is Cc1cc(Cn2c(=O)c3c(S(=O)(=O)NC4(C)CC4)cccc3n(CCCO)c2=O)on1. The average Bonchev–Trinajstić information content (AvgIpc) is 3.28. The van der Waals surface area contributed by atoms with Crippen LogP contribution in [-0.4, -0.2) is 40.0 Å². The van der Waals surface area contributed by atoms with Gasteiger partial charge in [-0.2, -0.15) is 0 Å². The van der Waals surface area contributed by atoms with Gasteiger partial charge in [-0.1, -0.05) is 11.2 Å². The number of benzene rings is 1. The standard InChI is InChI=1S/C20H24N4O6S/c1-13-11-14(30-21-13)12-24-18(26)17-15(23(19(24)27)9-4-10-25)5-3-6-16(17)31(28,29)22-20(2)7-8-20/h3,5-6,11,22,25H,4,7-10,12H2,1-2H3. The quantitative estimate of drug-likeness (QED) is 0.518. The van der Waals surface area contributed by atoms with E-state index in [0.717, 1.165) is 4.57 Å². The molecule has 1 saturated carbocycles. The lowest BCUT2D eigenvalue weighted by Crippen LogP contribution is -2.42. The van der Waals surface area contributed by atoms with Gasteiger partial charge in [0.1, 0.15) is 0 Å². The molecule has 1 aliphatic rings. The molecule has 2 heterocycles. The van der Waals surface area contributed by atoms with E-state index >= 15 is 0 Å². The van der Waals surface area contributed by atoms with Gasteiger partial charge in [0.15, 0.2) is 5.76 Å². The zero-order valence-corrected chi connectivity index (χ0v) is 18.1. The summed E-state index contributed by atoms with van der Waals surface area (Å²) in [5.41, 5.74) is -1.07. The van der Waals surface area contributed by atoms with Crippen LogP contribution in [0.2, 0.25) is 0 Å². The van der Waals surface area contributed by atoms with E-state index in [1.165, 1.54) is 22.8 Å². The Balaban J connectivity index is 1.97. The molecule has 2 N–H and O–H groups in total. The van der Waals surface area contributed by atoms with E-state index in [2.05, 4.69) is 9.88 Å². The first kappa shape index (κ1) is 21.5. The highest BCUT2D eigenvalue weighted by atomic mass is 32.2. The molecule has 0 amide bonds. The Morgan fingerprint density at radius 3 is 2.61 bits per heavy atom. The molecule has 166 valence electrons.